The van der Waals surface area contributed by atoms with Crippen LogP contribution < -0.4 is 0 Å². The molecule has 23 heavy (non-hydrogen) atoms. The Morgan fingerprint density at radius 3 is 2.70 bits per heavy atom. The van der Waals surface area contributed by atoms with Crippen molar-refractivity contribution < 1.29 is 24.7 Å². The first-order chi connectivity index (χ1) is 10.9. The number of nitro benzene ring substituents is 1. The number of nitro groups is 1. The van der Waals surface area contributed by atoms with E-state index < -0.39 is 28.4 Å². The van der Waals surface area contributed by atoms with Crippen molar-refractivity contribution in [1.29, 1.82) is 0 Å². The van der Waals surface area contributed by atoms with Crippen LogP contribution >= 0.6 is 0 Å². The van der Waals surface area contributed by atoms with Crippen LogP contribution in [0.3, 0.4) is 0 Å². The zero-order valence-corrected chi connectivity index (χ0v) is 12.4. The summed E-state index contributed by atoms with van der Waals surface area (Å²) in [6, 6.07) is 4.68. The highest BCUT2D eigenvalue weighted by atomic mass is 16.6. The molecule has 2 rings (SSSR count). The maximum atomic E-state index is 12.2. The van der Waals surface area contributed by atoms with Gasteiger partial charge < -0.3 is 15.1 Å². The number of non-ortho nitro benzene ring substituents is 1. The Bertz CT molecular complexity index is 697. The molecule has 2 N–H and O–H groups in total. The average molecular weight is 320 g/mol. The van der Waals surface area contributed by atoms with Gasteiger partial charge in [0, 0.05) is 25.3 Å². The molecule has 1 amide bonds. The molecule has 1 heterocycles. The minimum atomic E-state index is -0.897. The molecule has 0 aliphatic carbocycles. The first-order valence-corrected chi connectivity index (χ1v) is 6.98. The van der Waals surface area contributed by atoms with E-state index in [9.17, 15) is 24.8 Å². The highest BCUT2D eigenvalue weighted by Crippen LogP contribution is 2.38. The Hall–Kier alpha value is -2.74. The van der Waals surface area contributed by atoms with Crippen LogP contribution in [0.4, 0.5) is 5.69 Å². The van der Waals surface area contributed by atoms with Gasteiger partial charge in [0.25, 0.3) is 11.6 Å². The SMILES string of the molecule is CC(=O)C1=C(O)C(=O)N(CCCO)[C@@H]1c1cccc([N+](=O)[O-])c1. The monoisotopic (exact) mass is 320 g/mol. The van der Waals surface area contributed by atoms with Gasteiger partial charge in [-0.3, -0.25) is 19.7 Å². The summed E-state index contributed by atoms with van der Waals surface area (Å²) in [5.41, 5.74) is 0.0968. The molecule has 1 atom stereocenters. The fourth-order valence-corrected chi connectivity index (χ4v) is 2.64. The van der Waals surface area contributed by atoms with Crippen LogP contribution in [0.2, 0.25) is 0 Å². The molecular weight excluding hydrogens is 304 g/mol. The quantitative estimate of drug-likeness (QED) is 0.601. The van der Waals surface area contributed by atoms with E-state index in [1.807, 2.05) is 0 Å². The molecule has 0 aromatic heterocycles. The van der Waals surface area contributed by atoms with Crippen molar-refractivity contribution in [3.05, 3.63) is 51.3 Å². The molecule has 0 saturated heterocycles. The Morgan fingerprint density at radius 1 is 1.43 bits per heavy atom. The zero-order valence-electron chi connectivity index (χ0n) is 12.4. The second kappa shape index (κ2) is 6.57. The van der Waals surface area contributed by atoms with E-state index in [4.69, 9.17) is 5.11 Å². The Labute approximate surface area is 131 Å². The van der Waals surface area contributed by atoms with Crippen molar-refractivity contribution in [2.45, 2.75) is 19.4 Å². The van der Waals surface area contributed by atoms with Crippen molar-refractivity contribution in [2.75, 3.05) is 13.2 Å². The third-order valence-corrected chi connectivity index (χ3v) is 3.64. The molecule has 0 bridgehead atoms. The number of Topliss-reactive ketones (excluding diaryl/α,β-unsaturated/α-hetero) is 1. The normalized spacial score (nSPS) is 17.7. The van der Waals surface area contributed by atoms with Gasteiger partial charge in [-0.25, -0.2) is 0 Å². The van der Waals surface area contributed by atoms with Gasteiger partial charge in [0.1, 0.15) is 0 Å². The van der Waals surface area contributed by atoms with Gasteiger partial charge in [-0.1, -0.05) is 12.1 Å². The van der Waals surface area contributed by atoms with Crippen LogP contribution in [0.25, 0.3) is 0 Å². The minimum absolute atomic E-state index is 0.0894. The number of ketones is 1. The summed E-state index contributed by atoms with van der Waals surface area (Å²) < 4.78 is 0. The van der Waals surface area contributed by atoms with Crippen LogP contribution in [0, 0.1) is 10.1 Å². The van der Waals surface area contributed by atoms with Gasteiger partial charge in [-0.05, 0) is 18.9 Å². The topological polar surface area (TPSA) is 121 Å². The van der Waals surface area contributed by atoms with Crippen LogP contribution in [0.5, 0.6) is 0 Å². The lowest BCUT2D eigenvalue weighted by molar-refractivity contribution is -0.384. The molecule has 0 fully saturated rings. The third kappa shape index (κ3) is 3.07. The maximum absolute atomic E-state index is 12.2. The lowest BCUT2D eigenvalue weighted by Gasteiger charge is -2.26. The van der Waals surface area contributed by atoms with Crippen molar-refractivity contribution in [1.82, 2.24) is 4.90 Å². The number of rotatable bonds is 6. The van der Waals surface area contributed by atoms with Crippen molar-refractivity contribution in [3.8, 4) is 0 Å². The fraction of sp³-hybridized carbons (Fsp3) is 0.333. The molecule has 1 aliphatic heterocycles. The van der Waals surface area contributed by atoms with E-state index in [2.05, 4.69) is 0 Å². The largest absolute Gasteiger partial charge is 0.503 e. The number of amides is 1. The van der Waals surface area contributed by atoms with Gasteiger partial charge in [-0.2, -0.15) is 0 Å². The molecular formula is C15H16N2O6. The second-order valence-corrected chi connectivity index (χ2v) is 5.15. The fourth-order valence-electron chi connectivity index (χ4n) is 2.64. The second-order valence-electron chi connectivity index (χ2n) is 5.15. The number of hydrogen-bond donors (Lipinski definition) is 2. The molecule has 1 aliphatic rings. The van der Waals surface area contributed by atoms with Crippen LogP contribution in [0.1, 0.15) is 24.9 Å². The Morgan fingerprint density at radius 2 is 2.13 bits per heavy atom. The van der Waals surface area contributed by atoms with Gasteiger partial charge >= 0.3 is 0 Å². The first-order valence-electron chi connectivity index (χ1n) is 6.98. The molecule has 0 unspecified atom stereocenters. The Balaban J connectivity index is 2.52. The predicted molar refractivity (Wildman–Crippen MR) is 79.6 cm³/mol. The van der Waals surface area contributed by atoms with Crippen LogP contribution in [-0.4, -0.2) is 44.9 Å². The molecule has 0 radical (unpaired) electrons. The number of nitrogens with zero attached hydrogens (tertiary/aromatic N) is 2. The van der Waals surface area contributed by atoms with E-state index >= 15 is 0 Å². The highest BCUT2D eigenvalue weighted by molar-refractivity contribution is 6.08. The smallest absolute Gasteiger partial charge is 0.290 e. The molecule has 1 aromatic rings. The van der Waals surface area contributed by atoms with Crippen LogP contribution in [-0.2, 0) is 9.59 Å². The molecule has 8 nitrogen and oxygen atoms in total. The third-order valence-electron chi connectivity index (χ3n) is 3.64. The van der Waals surface area contributed by atoms with Gasteiger partial charge in [0.2, 0.25) is 0 Å². The molecule has 122 valence electrons. The summed E-state index contributed by atoms with van der Waals surface area (Å²) in [5.74, 6) is -1.86. The summed E-state index contributed by atoms with van der Waals surface area (Å²) in [5, 5.41) is 29.9. The summed E-state index contributed by atoms with van der Waals surface area (Å²) in [7, 11) is 0. The summed E-state index contributed by atoms with van der Waals surface area (Å²) >= 11 is 0. The number of hydrogen-bond acceptors (Lipinski definition) is 6. The van der Waals surface area contributed by atoms with Crippen molar-refractivity contribution in [3.63, 3.8) is 0 Å². The van der Waals surface area contributed by atoms with Crippen LogP contribution in [0.15, 0.2) is 35.6 Å². The summed E-state index contributed by atoms with van der Waals surface area (Å²) in [6.45, 7) is 1.17. The molecule has 8 heteroatoms. The predicted octanol–water partition coefficient (Wildman–Crippen LogP) is 1.26. The first kappa shape index (κ1) is 16.6. The number of carbonyl (C=O) groups excluding carboxylic acids is 2. The molecule has 0 saturated carbocycles. The van der Waals surface area contributed by atoms with E-state index in [0.29, 0.717) is 5.56 Å². The summed E-state index contributed by atoms with van der Waals surface area (Å²) in [6.07, 6.45) is 0.260. The van der Waals surface area contributed by atoms with E-state index in [1.165, 1.54) is 30.0 Å². The highest BCUT2D eigenvalue weighted by Gasteiger charge is 2.42. The minimum Gasteiger partial charge on any atom is -0.503 e. The number of aliphatic hydroxyl groups excluding tert-OH is 2. The van der Waals surface area contributed by atoms with Crippen molar-refractivity contribution in [2.24, 2.45) is 0 Å². The van der Waals surface area contributed by atoms with Gasteiger partial charge in [-0.15, -0.1) is 0 Å². The lowest BCUT2D eigenvalue weighted by Crippen LogP contribution is -2.32. The maximum Gasteiger partial charge on any atom is 0.290 e. The molecule has 0 spiro atoms. The number of carbonyl (C=O) groups is 2. The standard InChI is InChI=1S/C15H16N2O6/c1-9(19)12-13(10-4-2-5-11(8-10)17(22)23)16(6-3-7-18)15(21)14(12)20/h2,4-5,8,13,18,20H,3,6-7H2,1H3/t13-/m1/s1. The van der Waals surface area contributed by atoms with E-state index in [0.717, 1.165) is 0 Å². The number of benzene rings is 1. The number of aliphatic hydroxyl groups is 2. The molecule has 1 aromatic carbocycles. The average Bonchev–Trinajstić information content (AvgIpc) is 2.77. The zero-order chi connectivity index (χ0) is 17.1. The van der Waals surface area contributed by atoms with E-state index in [-0.39, 0.29) is 30.8 Å². The van der Waals surface area contributed by atoms with Gasteiger partial charge in [0.05, 0.1) is 16.5 Å². The Kier molecular flexibility index (Phi) is 4.75. The lowest BCUT2D eigenvalue weighted by atomic mass is 9.96. The van der Waals surface area contributed by atoms with Crippen molar-refractivity contribution >= 4 is 17.4 Å². The van der Waals surface area contributed by atoms with Gasteiger partial charge in [0.15, 0.2) is 11.5 Å². The summed E-state index contributed by atoms with van der Waals surface area (Å²) in [4.78, 5) is 35.6. The van der Waals surface area contributed by atoms with E-state index in [1.54, 1.807) is 6.07 Å².